The zero-order valence-corrected chi connectivity index (χ0v) is 13.8. The molecule has 4 nitrogen and oxygen atoms in total. The number of anilines is 1. The zero-order chi connectivity index (χ0) is 16.1. The van der Waals surface area contributed by atoms with Crippen LogP contribution in [0, 0.1) is 5.92 Å². The van der Waals surface area contributed by atoms with Crippen molar-refractivity contribution in [2.45, 2.75) is 52.5 Å². The maximum atomic E-state index is 12.3. The number of benzene rings is 1. The maximum Gasteiger partial charge on any atom is 0.227 e. The van der Waals surface area contributed by atoms with Crippen molar-refractivity contribution in [3.63, 3.8) is 0 Å². The van der Waals surface area contributed by atoms with Crippen molar-refractivity contribution in [2.75, 3.05) is 11.4 Å². The second-order valence-electron chi connectivity index (χ2n) is 6.09. The molecule has 120 valence electrons. The molecule has 0 radical (unpaired) electrons. The highest BCUT2D eigenvalue weighted by Crippen LogP contribution is 2.28. The Labute approximate surface area is 132 Å². The number of amides is 2. The highest BCUT2D eigenvalue weighted by molar-refractivity contribution is 6.00. The van der Waals surface area contributed by atoms with Gasteiger partial charge in [-0.15, -0.1) is 0 Å². The van der Waals surface area contributed by atoms with E-state index in [9.17, 15) is 9.59 Å². The molecule has 1 fully saturated rings. The van der Waals surface area contributed by atoms with Crippen LogP contribution in [0.2, 0.25) is 0 Å². The predicted molar refractivity (Wildman–Crippen MR) is 88.8 cm³/mol. The summed E-state index contributed by atoms with van der Waals surface area (Å²) in [6.07, 6.45) is 3.20. The van der Waals surface area contributed by atoms with Crippen molar-refractivity contribution in [1.29, 1.82) is 0 Å². The Morgan fingerprint density at radius 3 is 2.77 bits per heavy atom. The van der Waals surface area contributed by atoms with Crippen LogP contribution in [0.5, 0.6) is 0 Å². The normalized spacial score (nSPS) is 19.3. The number of carbonyl (C=O) groups excluding carboxylic acids is 2. The Hall–Kier alpha value is -1.84. The van der Waals surface area contributed by atoms with E-state index in [1.54, 1.807) is 4.90 Å². The number of hydrogen-bond acceptors (Lipinski definition) is 2. The van der Waals surface area contributed by atoms with Crippen molar-refractivity contribution in [3.05, 3.63) is 29.8 Å². The molecular formula is C18H26N2O2. The summed E-state index contributed by atoms with van der Waals surface area (Å²) in [4.78, 5) is 26.4. The van der Waals surface area contributed by atoms with E-state index in [0.717, 1.165) is 30.5 Å². The SMILES string of the molecule is CCCC(C)NC(=O)C1CC(=O)N(c2ccccc2CC)C1. The third-order valence-electron chi connectivity index (χ3n) is 4.27. The van der Waals surface area contributed by atoms with Gasteiger partial charge >= 0.3 is 0 Å². The van der Waals surface area contributed by atoms with Crippen LogP contribution in [0.25, 0.3) is 0 Å². The molecular weight excluding hydrogens is 276 g/mol. The molecule has 1 aromatic rings. The molecule has 1 heterocycles. The Bertz CT molecular complexity index is 542. The van der Waals surface area contributed by atoms with Crippen LogP contribution in [0.1, 0.15) is 45.6 Å². The van der Waals surface area contributed by atoms with E-state index in [1.807, 2.05) is 31.2 Å². The fourth-order valence-corrected chi connectivity index (χ4v) is 3.06. The van der Waals surface area contributed by atoms with Crippen molar-refractivity contribution in [3.8, 4) is 0 Å². The van der Waals surface area contributed by atoms with E-state index in [-0.39, 0.29) is 23.8 Å². The first-order chi connectivity index (χ1) is 10.6. The molecule has 0 aliphatic carbocycles. The average Bonchev–Trinajstić information content (AvgIpc) is 2.89. The smallest absolute Gasteiger partial charge is 0.227 e. The molecule has 0 spiro atoms. The van der Waals surface area contributed by atoms with Gasteiger partial charge < -0.3 is 10.2 Å². The standard InChI is InChI=1S/C18H26N2O2/c1-4-8-13(3)19-18(22)15-11-17(21)20(12-15)16-10-7-6-9-14(16)5-2/h6-7,9-10,13,15H,4-5,8,11-12H2,1-3H3,(H,19,22). The van der Waals surface area contributed by atoms with Crippen LogP contribution < -0.4 is 10.2 Å². The number of carbonyl (C=O) groups is 2. The van der Waals surface area contributed by atoms with E-state index >= 15 is 0 Å². The first-order valence-corrected chi connectivity index (χ1v) is 8.25. The van der Waals surface area contributed by atoms with Crippen molar-refractivity contribution in [1.82, 2.24) is 5.32 Å². The van der Waals surface area contributed by atoms with Gasteiger partial charge in [0.05, 0.1) is 5.92 Å². The van der Waals surface area contributed by atoms with Crippen molar-refractivity contribution >= 4 is 17.5 Å². The lowest BCUT2D eigenvalue weighted by atomic mass is 10.1. The first kappa shape index (κ1) is 16.5. The number of para-hydroxylation sites is 1. The van der Waals surface area contributed by atoms with E-state index in [1.165, 1.54) is 0 Å². The van der Waals surface area contributed by atoms with Gasteiger partial charge in [-0.25, -0.2) is 0 Å². The van der Waals surface area contributed by atoms with Gasteiger partial charge in [0.15, 0.2) is 0 Å². The second kappa shape index (κ2) is 7.43. The molecule has 1 saturated heterocycles. The Morgan fingerprint density at radius 1 is 1.36 bits per heavy atom. The number of rotatable bonds is 6. The summed E-state index contributed by atoms with van der Waals surface area (Å²) < 4.78 is 0. The maximum absolute atomic E-state index is 12.3. The van der Waals surface area contributed by atoms with Gasteiger partial charge in [-0.2, -0.15) is 0 Å². The van der Waals surface area contributed by atoms with Gasteiger partial charge in [0.2, 0.25) is 11.8 Å². The second-order valence-corrected chi connectivity index (χ2v) is 6.09. The lowest BCUT2D eigenvalue weighted by Crippen LogP contribution is -2.38. The number of hydrogen-bond donors (Lipinski definition) is 1. The molecule has 4 heteroatoms. The van der Waals surface area contributed by atoms with Gasteiger partial charge in [0, 0.05) is 24.7 Å². The average molecular weight is 302 g/mol. The first-order valence-electron chi connectivity index (χ1n) is 8.25. The van der Waals surface area contributed by atoms with Crippen LogP contribution >= 0.6 is 0 Å². The van der Waals surface area contributed by atoms with Crippen LogP contribution in [0.3, 0.4) is 0 Å². The lowest BCUT2D eigenvalue weighted by molar-refractivity contribution is -0.126. The molecule has 2 atom stereocenters. The van der Waals surface area contributed by atoms with Crippen molar-refractivity contribution in [2.24, 2.45) is 5.92 Å². The highest BCUT2D eigenvalue weighted by Gasteiger charge is 2.35. The minimum Gasteiger partial charge on any atom is -0.353 e. The largest absolute Gasteiger partial charge is 0.353 e. The monoisotopic (exact) mass is 302 g/mol. The van der Waals surface area contributed by atoms with Crippen LogP contribution in [-0.2, 0) is 16.0 Å². The molecule has 1 N–H and O–H groups in total. The quantitative estimate of drug-likeness (QED) is 0.878. The topological polar surface area (TPSA) is 49.4 Å². The number of aryl methyl sites for hydroxylation is 1. The van der Waals surface area contributed by atoms with Crippen LogP contribution in [0.15, 0.2) is 24.3 Å². The van der Waals surface area contributed by atoms with Gasteiger partial charge in [0.1, 0.15) is 0 Å². The summed E-state index contributed by atoms with van der Waals surface area (Å²) in [7, 11) is 0. The van der Waals surface area contributed by atoms with Crippen LogP contribution in [-0.4, -0.2) is 24.4 Å². The minimum absolute atomic E-state index is 0.00535. The van der Waals surface area contributed by atoms with Crippen LogP contribution in [0.4, 0.5) is 5.69 Å². The summed E-state index contributed by atoms with van der Waals surface area (Å²) >= 11 is 0. The Morgan fingerprint density at radius 2 is 2.09 bits per heavy atom. The molecule has 1 aromatic carbocycles. The lowest BCUT2D eigenvalue weighted by Gasteiger charge is -2.20. The number of nitrogens with one attached hydrogen (secondary N) is 1. The van der Waals surface area contributed by atoms with E-state index in [0.29, 0.717) is 13.0 Å². The Balaban J connectivity index is 2.06. The molecule has 1 aliphatic rings. The molecule has 0 aromatic heterocycles. The summed E-state index contributed by atoms with van der Waals surface area (Å²) in [5.74, 6) is -0.188. The van der Waals surface area contributed by atoms with Gasteiger partial charge in [-0.1, -0.05) is 38.5 Å². The van der Waals surface area contributed by atoms with E-state index < -0.39 is 0 Å². The summed E-state index contributed by atoms with van der Waals surface area (Å²) in [6, 6.07) is 8.11. The van der Waals surface area contributed by atoms with Gasteiger partial charge in [-0.3, -0.25) is 9.59 Å². The fourth-order valence-electron chi connectivity index (χ4n) is 3.06. The predicted octanol–water partition coefficient (Wildman–Crippen LogP) is 2.91. The number of nitrogens with zero attached hydrogens (tertiary/aromatic N) is 1. The molecule has 0 bridgehead atoms. The molecule has 0 saturated carbocycles. The van der Waals surface area contributed by atoms with E-state index in [4.69, 9.17) is 0 Å². The summed E-state index contributed by atoms with van der Waals surface area (Å²) in [6.45, 7) is 6.68. The molecule has 22 heavy (non-hydrogen) atoms. The van der Waals surface area contributed by atoms with E-state index in [2.05, 4.69) is 19.2 Å². The molecule has 2 rings (SSSR count). The van der Waals surface area contributed by atoms with Crippen molar-refractivity contribution < 1.29 is 9.59 Å². The molecule has 2 amide bonds. The summed E-state index contributed by atoms with van der Waals surface area (Å²) in [5, 5.41) is 3.03. The fraction of sp³-hybridized carbons (Fsp3) is 0.556. The third kappa shape index (κ3) is 3.67. The molecule has 2 unspecified atom stereocenters. The third-order valence-corrected chi connectivity index (χ3v) is 4.27. The zero-order valence-electron chi connectivity index (χ0n) is 13.8. The molecule has 1 aliphatic heterocycles. The Kier molecular flexibility index (Phi) is 5.58. The minimum atomic E-state index is -0.239. The summed E-state index contributed by atoms with van der Waals surface area (Å²) in [5.41, 5.74) is 2.10. The van der Waals surface area contributed by atoms with Gasteiger partial charge in [-0.05, 0) is 31.4 Å². The highest BCUT2D eigenvalue weighted by atomic mass is 16.2. The van der Waals surface area contributed by atoms with Gasteiger partial charge in [0.25, 0.3) is 0 Å².